The third-order valence-electron chi connectivity index (χ3n) is 3.24. The van der Waals surface area contributed by atoms with Crippen LogP contribution in [-0.2, 0) is 7.05 Å². The van der Waals surface area contributed by atoms with Gasteiger partial charge in [0.2, 0.25) is 0 Å². The predicted octanol–water partition coefficient (Wildman–Crippen LogP) is 4.54. The van der Waals surface area contributed by atoms with Crippen LogP contribution in [0.3, 0.4) is 0 Å². The highest BCUT2D eigenvalue weighted by Crippen LogP contribution is 2.25. The van der Waals surface area contributed by atoms with Gasteiger partial charge in [-0.3, -0.25) is 0 Å². The van der Waals surface area contributed by atoms with Crippen molar-refractivity contribution in [3.8, 4) is 11.4 Å². The van der Waals surface area contributed by atoms with Crippen molar-refractivity contribution in [1.82, 2.24) is 9.55 Å². The molecule has 0 radical (unpaired) electrons. The minimum atomic E-state index is 0.733. The number of imidazole rings is 1. The standard InChI is InChI=1S/C16H13ClN2/c1-3-11-4-9-15-14(10-11)18-16(19(15)2)12-5-7-13(17)8-6-12/h3-10H,1H2,2H3. The molecule has 1 heterocycles. The van der Waals surface area contributed by atoms with E-state index in [1.54, 1.807) is 0 Å². The lowest BCUT2D eigenvalue weighted by molar-refractivity contribution is 0.959. The van der Waals surface area contributed by atoms with E-state index < -0.39 is 0 Å². The van der Waals surface area contributed by atoms with Gasteiger partial charge in [0.1, 0.15) is 5.82 Å². The molecule has 0 N–H and O–H groups in total. The van der Waals surface area contributed by atoms with Crippen molar-refractivity contribution in [2.45, 2.75) is 0 Å². The summed E-state index contributed by atoms with van der Waals surface area (Å²) in [5.74, 6) is 0.938. The van der Waals surface area contributed by atoms with Crippen molar-refractivity contribution in [3.63, 3.8) is 0 Å². The molecular formula is C16H13ClN2. The average Bonchev–Trinajstić information content (AvgIpc) is 2.76. The lowest BCUT2D eigenvalue weighted by atomic mass is 10.2. The van der Waals surface area contributed by atoms with Crippen LogP contribution in [-0.4, -0.2) is 9.55 Å². The molecule has 19 heavy (non-hydrogen) atoms. The van der Waals surface area contributed by atoms with E-state index in [2.05, 4.69) is 17.2 Å². The van der Waals surface area contributed by atoms with Crippen LogP contribution < -0.4 is 0 Å². The number of halogens is 1. The molecular weight excluding hydrogens is 256 g/mol. The van der Waals surface area contributed by atoms with E-state index in [0.717, 1.165) is 33.0 Å². The molecule has 3 heteroatoms. The SMILES string of the molecule is C=Cc1ccc2c(c1)nc(-c1ccc(Cl)cc1)n2C. The Morgan fingerprint density at radius 1 is 1.16 bits per heavy atom. The maximum Gasteiger partial charge on any atom is 0.140 e. The van der Waals surface area contributed by atoms with Gasteiger partial charge < -0.3 is 4.57 Å². The first-order valence-corrected chi connectivity index (χ1v) is 6.41. The van der Waals surface area contributed by atoms with Gasteiger partial charge in [0.15, 0.2) is 0 Å². The Labute approximate surface area is 117 Å². The fourth-order valence-corrected chi connectivity index (χ4v) is 2.33. The van der Waals surface area contributed by atoms with Crippen molar-refractivity contribution < 1.29 is 0 Å². The minimum Gasteiger partial charge on any atom is -0.327 e. The van der Waals surface area contributed by atoms with E-state index >= 15 is 0 Å². The molecule has 3 rings (SSSR count). The summed E-state index contributed by atoms with van der Waals surface area (Å²) in [7, 11) is 2.02. The molecule has 3 aromatic rings. The second-order valence-corrected chi connectivity index (χ2v) is 4.89. The van der Waals surface area contributed by atoms with Gasteiger partial charge in [0.25, 0.3) is 0 Å². The number of hydrogen-bond acceptors (Lipinski definition) is 1. The molecule has 2 nitrogen and oxygen atoms in total. The van der Waals surface area contributed by atoms with Gasteiger partial charge in [0.05, 0.1) is 11.0 Å². The van der Waals surface area contributed by atoms with Gasteiger partial charge >= 0.3 is 0 Å². The number of aryl methyl sites for hydroxylation is 1. The Balaban J connectivity index is 2.21. The summed E-state index contributed by atoms with van der Waals surface area (Å²) in [5, 5.41) is 0.733. The van der Waals surface area contributed by atoms with Crippen LogP contribution in [0.15, 0.2) is 49.0 Å². The van der Waals surface area contributed by atoms with Gasteiger partial charge in [0, 0.05) is 17.6 Å². The average molecular weight is 269 g/mol. The zero-order valence-electron chi connectivity index (χ0n) is 10.6. The molecule has 0 atom stereocenters. The van der Waals surface area contributed by atoms with Crippen molar-refractivity contribution in [2.24, 2.45) is 7.05 Å². The van der Waals surface area contributed by atoms with Gasteiger partial charge in [-0.05, 0) is 42.0 Å². The molecule has 2 aromatic carbocycles. The van der Waals surface area contributed by atoms with E-state index in [9.17, 15) is 0 Å². The molecule has 0 bridgehead atoms. The highest BCUT2D eigenvalue weighted by molar-refractivity contribution is 6.30. The molecule has 0 aliphatic carbocycles. The van der Waals surface area contributed by atoms with Crippen molar-refractivity contribution >= 4 is 28.7 Å². The highest BCUT2D eigenvalue weighted by Gasteiger charge is 2.09. The molecule has 0 amide bonds. The molecule has 0 aliphatic heterocycles. The van der Waals surface area contributed by atoms with E-state index in [1.807, 2.05) is 49.5 Å². The Hall–Kier alpha value is -2.06. The summed E-state index contributed by atoms with van der Waals surface area (Å²) in [5.41, 5.74) is 4.22. The largest absolute Gasteiger partial charge is 0.327 e. The summed E-state index contributed by atoms with van der Waals surface area (Å²) in [6, 6.07) is 13.9. The van der Waals surface area contributed by atoms with Crippen LogP contribution in [0.4, 0.5) is 0 Å². The number of aromatic nitrogens is 2. The first-order chi connectivity index (χ1) is 9.19. The molecule has 0 unspecified atom stereocenters. The summed E-state index contributed by atoms with van der Waals surface area (Å²) in [6.07, 6.45) is 1.83. The van der Waals surface area contributed by atoms with Crippen LogP contribution in [0, 0.1) is 0 Å². The van der Waals surface area contributed by atoms with E-state index in [4.69, 9.17) is 16.6 Å². The number of nitrogens with zero attached hydrogens (tertiary/aromatic N) is 2. The first kappa shape index (κ1) is 12.0. The Bertz CT molecular complexity index is 754. The summed E-state index contributed by atoms with van der Waals surface area (Å²) in [4.78, 5) is 4.69. The van der Waals surface area contributed by atoms with Crippen LogP contribution in [0.5, 0.6) is 0 Å². The van der Waals surface area contributed by atoms with Crippen molar-refractivity contribution in [1.29, 1.82) is 0 Å². The lowest BCUT2D eigenvalue weighted by Gasteiger charge is -2.02. The van der Waals surface area contributed by atoms with Crippen molar-refractivity contribution in [2.75, 3.05) is 0 Å². The monoisotopic (exact) mass is 268 g/mol. The van der Waals surface area contributed by atoms with Crippen molar-refractivity contribution in [3.05, 3.63) is 59.6 Å². The fourth-order valence-electron chi connectivity index (χ4n) is 2.20. The zero-order valence-corrected chi connectivity index (χ0v) is 11.4. The van der Waals surface area contributed by atoms with Crippen LogP contribution in [0.2, 0.25) is 5.02 Å². The number of rotatable bonds is 2. The minimum absolute atomic E-state index is 0.733. The molecule has 1 aromatic heterocycles. The quantitative estimate of drug-likeness (QED) is 0.667. The molecule has 0 spiro atoms. The molecule has 0 saturated carbocycles. The number of hydrogen-bond donors (Lipinski definition) is 0. The maximum absolute atomic E-state index is 5.92. The molecule has 94 valence electrons. The van der Waals surface area contributed by atoms with E-state index in [1.165, 1.54) is 0 Å². The Morgan fingerprint density at radius 3 is 2.58 bits per heavy atom. The van der Waals surface area contributed by atoms with Gasteiger partial charge in [-0.25, -0.2) is 4.98 Å². The van der Waals surface area contributed by atoms with Gasteiger partial charge in [-0.15, -0.1) is 0 Å². The third-order valence-corrected chi connectivity index (χ3v) is 3.49. The van der Waals surface area contributed by atoms with E-state index in [0.29, 0.717) is 0 Å². The Kier molecular flexibility index (Phi) is 2.88. The molecule has 0 aliphatic rings. The maximum atomic E-state index is 5.92. The normalized spacial score (nSPS) is 10.8. The predicted molar refractivity (Wildman–Crippen MR) is 81.3 cm³/mol. The summed E-state index contributed by atoms with van der Waals surface area (Å²) in [6.45, 7) is 3.79. The first-order valence-electron chi connectivity index (χ1n) is 6.04. The third kappa shape index (κ3) is 2.04. The van der Waals surface area contributed by atoms with Gasteiger partial charge in [-0.2, -0.15) is 0 Å². The molecule has 0 fully saturated rings. The lowest BCUT2D eigenvalue weighted by Crippen LogP contribution is -1.91. The van der Waals surface area contributed by atoms with Crippen LogP contribution >= 0.6 is 11.6 Å². The fraction of sp³-hybridized carbons (Fsp3) is 0.0625. The second-order valence-electron chi connectivity index (χ2n) is 4.45. The van der Waals surface area contributed by atoms with E-state index in [-0.39, 0.29) is 0 Å². The zero-order chi connectivity index (χ0) is 13.4. The summed E-state index contributed by atoms with van der Waals surface area (Å²) < 4.78 is 2.09. The number of benzene rings is 2. The highest BCUT2D eigenvalue weighted by atomic mass is 35.5. The van der Waals surface area contributed by atoms with Crippen LogP contribution in [0.1, 0.15) is 5.56 Å². The summed E-state index contributed by atoms with van der Waals surface area (Å²) >= 11 is 5.92. The Morgan fingerprint density at radius 2 is 1.89 bits per heavy atom. The van der Waals surface area contributed by atoms with Crippen LogP contribution in [0.25, 0.3) is 28.5 Å². The number of fused-ring (bicyclic) bond motifs is 1. The second kappa shape index (κ2) is 4.56. The smallest absolute Gasteiger partial charge is 0.140 e. The molecule has 0 saturated heterocycles. The van der Waals surface area contributed by atoms with Gasteiger partial charge in [-0.1, -0.05) is 30.3 Å². The topological polar surface area (TPSA) is 17.8 Å².